The number of carbonyl (C=O) groups excluding carboxylic acids is 2. The fraction of sp³-hybridized carbons (Fsp3) is 0.429. The Morgan fingerprint density at radius 2 is 1.74 bits per heavy atom. The number of carbonyl (C=O) groups is 2. The predicted octanol–water partition coefficient (Wildman–Crippen LogP) is 4.64. The van der Waals surface area contributed by atoms with Crippen molar-refractivity contribution < 1.29 is 24.5 Å². The molecule has 1 saturated heterocycles. The van der Waals surface area contributed by atoms with E-state index in [0.717, 1.165) is 37.2 Å². The number of likely N-dealkylation sites (N-methyl/N-ethyl adjacent to an activating group) is 1. The lowest BCUT2D eigenvalue weighted by atomic mass is 9.94. The second-order valence-electron chi connectivity index (χ2n) is 8.79. The molecule has 0 unspecified atom stereocenters. The van der Waals surface area contributed by atoms with Crippen LogP contribution in [0.15, 0.2) is 48.0 Å². The summed E-state index contributed by atoms with van der Waals surface area (Å²) >= 11 is 0. The molecule has 0 aromatic heterocycles. The average Bonchev–Trinajstić information content (AvgIpc) is 3.10. The highest BCUT2D eigenvalue weighted by Crippen LogP contribution is 2.40. The molecule has 7 heteroatoms. The standard InChI is InChI=1S/C28H36N2O5/c1-5-8-17-35-23-14-11-21(18-19(23)4)26(32)24-25(20-9-12-22(31)13-10-20)30(28(34)27(24)33)16-15-29(6-2)7-3/h9-14,18,25,31-32H,5-8,15-17H2,1-4H3/t25-/m1/s1. The third-order valence-electron chi connectivity index (χ3n) is 6.50. The largest absolute Gasteiger partial charge is 0.508 e. The first-order valence-electron chi connectivity index (χ1n) is 12.4. The van der Waals surface area contributed by atoms with Gasteiger partial charge in [-0.05, 0) is 67.9 Å². The molecule has 1 amide bonds. The average molecular weight is 481 g/mol. The summed E-state index contributed by atoms with van der Waals surface area (Å²) < 4.78 is 5.81. The minimum Gasteiger partial charge on any atom is -0.508 e. The highest BCUT2D eigenvalue weighted by molar-refractivity contribution is 6.46. The first kappa shape index (κ1) is 26.3. The highest BCUT2D eigenvalue weighted by Gasteiger charge is 2.46. The summed E-state index contributed by atoms with van der Waals surface area (Å²) in [6.45, 7) is 11.3. The van der Waals surface area contributed by atoms with Gasteiger partial charge >= 0.3 is 0 Å². The lowest BCUT2D eigenvalue weighted by Crippen LogP contribution is -2.38. The van der Waals surface area contributed by atoms with E-state index in [4.69, 9.17) is 4.74 Å². The number of aliphatic hydroxyl groups excluding tert-OH is 1. The fourth-order valence-corrected chi connectivity index (χ4v) is 4.34. The molecular formula is C28H36N2O5. The highest BCUT2D eigenvalue weighted by atomic mass is 16.5. The molecule has 0 saturated carbocycles. The molecule has 0 spiro atoms. The van der Waals surface area contributed by atoms with E-state index in [2.05, 4.69) is 11.8 Å². The minimum atomic E-state index is -0.744. The zero-order chi connectivity index (χ0) is 25.5. The van der Waals surface area contributed by atoms with Gasteiger partial charge in [-0.3, -0.25) is 9.59 Å². The van der Waals surface area contributed by atoms with E-state index in [1.807, 2.05) is 20.8 Å². The van der Waals surface area contributed by atoms with Crippen molar-refractivity contribution in [2.45, 2.75) is 46.6 Å². The Bertz CT molecular complexity index is 1070. The number of phenolic OH excluding ortho intramolecular Hbond substituents is 1. The minimum absolute atomic E-state index is 0.0549. The number of aromatic hydroxyl groups is 1. The molecule has 1 fully saturated rings. The van der Waals surface area contributed by atoms with Crippen molar-refractivity contribution in [2.24, 2.45) is 0 Å². The van der Waals surface area contributed by atoms with Crippen molar-refractivity contribution in [3.8, 4) is 11.5 Å². The van der Waals surface area contributed by atoms with E-state index < -0.39 is 17.7 Å². The van der Waals surface area contributed by atoms with Crippen LogP contribution < -0.4 is 4.74 Å². The van der Waals surface area contributed by atoms with Crippen LogP contribution in [-0.4, -0.2) is 64.5 Å². The normalized spacial score (nSPS) is 17.4. The number of unbranched alkanes of at least 4 members (excludes halogenated alkanes) is 1. The number of likely N-dealkylation sites (tertiary alicyclic amines) is 1. The van der Waals surface area contributed by atoms with Gasteiger partial charge < -0.3 is 24.7 Å². The molecule has 1 heterocycles. The first-order valence-corrected chi connectivity index (χ1v) is 12.4. The number of rotatable bonds is 11. The zero-order valence-corrected chi connectivity index (χ0v) is 21.1. The first-order chi connectivity index (χ1) is 16.8. The number of Topliss-reactive ketones (excluding diaryl/α,β-unsaturated/α-hetero) is 1. The van der Waals surface area contributed by atoms with Crippen molar-refractivity contribution >= 4 is 17.4 Å². The number of aryl methyl sites for hydroxylation is 1. The summed E-state index contributed by atoms with van der Waals surface area (Å²) in [6, 6.07) is 10.9. The van der Waals surface area contributed by atoms with E-state index in [-0.39, 0.29) is 17.1 Å². The molecule has 1 atom stereocenters. The molecule has 2 aromatic carbocycles. The molecule has 2 N–H and O–H groups in total. The van der Waals surface area contributed by atoms with Gasteiger partial charge in [-0.1, -0.05) is 39.3 Å². The van der Waals surface area contributed by atoms with Crippen molar-refractivity contribution in [3.05, 3.63) is 64.7 Å². The van der Waals surface area contributed by atoms with Gasteiger partial charge in [-0.15, -0.1) is 0 Å². The number of nitrogens with zero attached hydrogens (tertiary/aromatic N) is 2. The molecule has 0 radical (unpaired) electrons. The summed E-state index contributed by atoms with van der Waals surface area (Å²) in [6.07, 6.45) is 1.98. The SMILES string of the molecule is CCCCOc1ccc(C(O)=C2C(=O)C(=O)N(CCN(CC)CC)[C@@H]2c2ccc(O)cc2)cc1C. The molecule has 188 valence electrons. The summed E-state index contributed by atoms with van der Waals surface area (Å²) in [5.41, 5.74) is 2.00. The summed E-state index contributed by atoms with van der Waals surface area (Å²) in [5.74, 6) is -0.739. The number of benzene rings is 2. The Morgan fingerprint density at radius 3 is 2.34 bits per heavy atom. The van der Waals surface area contributed by atoms with Gasteiger partial charge in [-0.25, -0.2) is 0 Å². The van der Waals surface area contributed by atoms with Crippen LogP contribution >= 0.6 is 0 Å². The number of aliphatic hydroxyl groups is 1. The van der Waals surface area contributed by atoms with Crippen LogP contribution in [-0.2, 0) is 9.59 Å². The fourth-order valence-electron chi connectivity index (χ4n) is 4.34. The van der Waals surface area contributed by atoms with E-state index >= 15 is 0 Å². The van der Waals surface area contributed by atoms with Crippen LogP contribution in [0, 0.1) is 6.92 Å². The van der Waals surface area contributed by atoms with Crippen molar-refractivity contribution in [1.29, 1.82) is 0 Å². The summed E-state index contributed by atoms with van der Waals surface area (Å²) in [7, 11) is 0. The third-order valence-corrected chi connectivity index (χ3v) is 6.50. The molecular weight excluding hydrogens is 444 g/mol. The number of ether oxygens (including phenoxy) is 1. The molecule has 0 aliphatic carbocycles. The number of amides is 1. The van der Waals surface area contributed by atoms with E-state index in [0.29, 0.717) is 30.8 Å². The van der Waals surface area contributed by atoms with E-state index in [1.54, 1.807) is 30.3 Å². The molecule has 0 bridgehead atoms. The molecule has 1 aliphatic rings. The van der Waals surface area contributed by atoms with Crippen molar-refractivity contribution in [2.75, 3.05) is 32.8 Å². The van der Waals surface area contributed by atoms with Gasteiger partial charge in [0.05, 0.1) is 18.2 Å². The van der Waals surface area contributed by atoms with E-state index in [1.165, 1.54) is 17.0 Å². The second kappa shape index (κ2) is 11.9. The number of ketones is 1. The molecule has 7 nitrogen and oxygen atoms in total. The van der Waals surface area contributed by atoms with Gasteiger partial charge in [0, 0.05) is 18.7 Å². The third kappa shape index (κ3) is 5.85. The zero-order valence-electron chi connectivity index (χ0n) is 21.1. The van der Waals surface area contributed by atoms with Gasteiger partial charge in [0.25, 0.3) is 11.7 Å². The summed E-state index contributed by atoms with van der Waals surface area (Å²) in [4.78, 5) is 30.0. The molecule has 1 aliphatic heterocycles. The van der Waals surface area contributed by atoms with Crippen LogP contribution in [0.5, 0.6) is 11.5 Å². The monoisotopic (exact) mass is 480 g/mol. The topological polar surface area (TPSA) is 90.3 Å². The number of hydrogen-bond acceptors (Lipinski definition) is 6. The van der Waals surface area contributed by atoms with Gasteiger partial charge in [0.15, 0.2) is 0 Å². The Morgan fingerprint density at radius 1 is 1.06 bits per heavy atom. The van der Waals surface area contributed by atoms with Crippen LogP contribution in [0.1, 0.15) is 56.3 Å². The maximum Gasteiger partial charge on any atom is 0.295 e. The van der Waals surface area contributed by atoms with E-state index in [9.17, 15) is 19.8 Å². The number of phenols is 1. The Labute approximate surface area is 207 Å². The van der Waals surface area contributed by atoms with Crippen LogP contribution in [0.4, 0.5) is 0 Å². The second-order valence-corrected chi connectivity index (χ2v) is 8.79. The quantitative estimate of drug-likeness (QED) is 0.211. The van der Waals surface area contributed by atoms with Gasteiger partial charge in [-0.2, -0.15) is 0 Å². The van der Waals surface area contributed by atoms with Gasteiger partial charge in [0.1, 0.15) is 17.3 Å². The summed E-state index contributed by atoms with van der Waals surface area (Å²) in [5, 5.41) is 21.1. The molecule has 35 heavy (non-hydrogen) atoms. The van der Waals surface area contributed by atoms with Crippen LogP contribution in [0.25, 0.3) is 5.76 Å². The number of hydrogen-bond donors (Lipinski definition) is 2. The van der Waals surface area contributed by atoms with Crippen LogP contribution in [0.2, 0.25) is 0 Å². The van der Waals surface area contributed by atoms with Gasteiger partial charge in [0.2, 0.25) is 0 Å². The molecule has 3 rings (SSSR count). The predicted molar refractivity (Wildman–Crippen MR) is 136 cm³/mol. The Hall–Kier alpha value is -3.32. The van der Waals surface area contributed by atoms with Crippen molar-refractivity contribution in [1.82, 2.24) is 9.80 Å². The lowest BCUT2D eigenvalue weighted by molar-refractivity contribution is -0.140. The smallest absolute Gasteiger partial charge is 0.295 e. The Balaban J connectivity index is 2.03. The van der Waals surface area contributed by atoms with Crippen molar-refractivity contribution in [3.63, 3.8) is 0 Å². The Kier molecular flexibility index (Phi) is 8.93. The maximum absolute atomic E-state index is 13.2. The maximum atomic E-state index is 13.2. The lowest BCUT2D eigenvalue weighted by Gasteiger charge is -2.28. The van der Waals surface area contributed by atoms with Crippen LogP contribution in [0.3, 0.4) is 0 Å². The molecule has 2 aromatic rings.